The van der Waals surface area contributed by atoms with Gasteiger partial charge in [0.05, 0.1) is 17.8 Å². The van der Waals surface area contributed by atoms with Crippen LogP contribution in [0.25, 0.3) is 22.4 Å². The number of nitrogens with two attached hydrogens (primary N) is 1. The summed E-state index contributed by atoms with van der Waals surface area (Å²) in [6.07, 6.45) is -5.71. The summed E-state index contributed by atoms with van der Waals surface area (Å²) >= 11 is 3.31. The van der Waals surface area contributed by atoms with Crippen LogP contribution in [-0.4, -0.2) is 21.1 Å². The van der Waals surface area contributed by atoms with Crippen molar-refractivity contribution >= 4 is 26.8 Å². The van der Waals surface area contributed by atoms with Gasteiger partial charge < -0.3 is 14.8 Å². The van der Waals surface area contributed by atoms with Crippen molar-refractivity contribution in [1.29, 1.82) is 0 Å². The summed E-state index contributed by atoms with van der Waals surface area (Å²) < 4.78 is 46.2. The molecule has 0 saturated heterocycles. The van der Waals surface area contributed by atoms with Gasteiger partial charge in [-0.25, -0.2) is 13.2 Å². The van der Waals surface area contributed by atoms with Gasteiger partial charge in [0, 0.05) is 9.86 Å². The number of alkyl halides is 3. The second-order valence-electron chi connectivity index (χ2n) is 4.50. The number of halogens is 4. The Labute approximate surface area is 131 Å². The molecule has 1 unspecified atom stereocenters. The minimum atomic E-state index is -3.19. The molecule has 3 aromatic rings. The normalized spacial score (nSPS) is 13.2. The van der Waals surface area contributed by atoms with E-state index in [1.807, 2.05) is 0 Å². The fourth-order valence-electron chi connectivity index (χ4n) is 2.21. The average Bonchev–Trinajstić information content (AvgIpc) is 3.11. The molecule has 0 amide bonds. The van der Waals surface area contributed by atoms with Gasteiger partial charge in [-0.3, -0.25) is 0 Å². The fourth-order valence-corrected chi connectivity index (χ4v) is 2.68. The zero-order valence-electron chi connectivity index (χ0n) is 11.0. The van der Waals surface area contributed by atoms with Crippen molar-refractivity contribution < 1.29 is 17.7 Å². The Kier molecular flexibility index (Phi) is 3.92. The van der Waals surface area contributed by atoms with Crippen LogP contribution in [0.2, 0.25) is 0 Å². The third-order valence-corrected chi connectivity index (χ3v) is 3.85. The lowest BCUT2D eigenvalue weighted by molar-refractivity contribution is 0.0114. The fraction of sp³-hybridized carbons (Fsp3) is 0.231. The van der Waals surface area contributed by atoms with Crippen molar-refractivity contribution in [3.63, 3.8) is 0 Å². The highest BCUT2D eigenvalue weighted by atomic mass is 79.9. The van der Waals surface area contributed by atoms with Gasteiger partial charge in [-0.1, -0.05) is 27.2 Å². The first kappa shape index (κ1) is 15.0. The zero-order valence-corrected chi connectivity index (χ0v) is 12.6. The van der Waals surface area contributed by atoms with E-state index in [0.717, 1.165) is 4.57 Å². The van der Waals surface area contributed by atoms with Crippen LogP contribution in [0.5, 0.6) is 0 Å². The molecule has 5 nitrogen and oxygen atoms in total. The highest BCUT2D eigenvalue weighted by Gasteiger charge is 2.28. The summed E-state index contributed by atoms with van der Waals surface area (Å²) in [7, 11) is 0. The van der Waals surface area contributed by atoms with Crippen LogP contribution in [0.15, 0.2) is 33.3 Å². The summed E-state index contributed by atoms with van der Waals surface area (Å²) in [5.41, 5.74) is 5.78. The number of benzene rings is 1. The molecule has 2 N–H and O–H groups in total. The van der Waals surface area contributed by atoms with E-state index in [4.69, 9.17) is 10.3 Å². The lowest BCUT2D eigenvalue weighted by Crippen LogP contribution is -2.13. The third kappa shape index (κ3) is 2.40. The summed E-state index contributed by atoms with van der Waals surface area (Å²) in [5.74, 6) is 0.144. The number of fused-ring (bicyclic) bond motifs is 1. The first-order valence-corrected chi connectivity index (χ1v) is 7.07. The zero-order chi connectivity index (χ0) is 15.9. The Bertz CT molecular complexity index is 817. The van der Waals surface area contributed by atoms with E-state index in [-0.39, 0.29) is 24.0 Å². The lowest BCUT2D eigenvalue weighted by atomic mass is 10.2. The van der Waals surface area contributed by atoms with Crippen LogP contribution < -0.4 is 5.73 Å². The molecule has 1 aromatic carbocycles. The van der Waals surface area contributed by atoms with Crippen molar-refractivity contribution in [2.45, 2.75) is 19.3 Å². The molecule has 22 heavy (non-hydrogen) atoms. The average molecular weight is 375 g/mol. The largest absolute Gasteiger partial charge is 0.338 e. The van der Waals surface area contributed by atoms with Crippen LogP contribution in [0.4, 0.5) is 13.2 Å². The SMILES string of the molecule is NCc1nc(-c2cc3c(Br)cccc3n2C(F)C(F)F)no1. The third-order valence-electron chi connectivity index (χ3n) is 3.16. The van der Waals surface area contributed by atoms with Gasteiger partial charge in [0.2, 0.25) is 18.0 Å². The molecule has 0 aliphatic heterocycles. The number of rotatable bonds is 4. The first-order valence-electron chi connectivity index (χ1n) is 6.27. The quantitative estimate of drug-likeness (QED) is 0.756. The van der Waals surface area contributed by atoms with E-state index < -0.39 is 12.7 Å². The minimum Gasteiger partial charge on any atom is -0.338 e. The van der Waals surface area contributed by atoms with Crippen LogP contribution >= 0.6 is 15.9 Å². The summed E-state index contributed by atoms with van der Waals surface area (Å²) in [6, 6.07) is 6.43. The molecule has 0 bridgehead atoms. The van der Waals surface area contributed by atoms with Crippen molar-refractivity contribution in [2.24, 2.45) is 5.73 Å². The molecule has 116 valence electrons. The Morgan fingerprint density at radius 2 is 2.09 bits per heavy atom. The highest BCUT2D eigenvalue weighted by molar-refractivity contribution is 9.10. The van der Waals surface area contributed by atoms with Gasteiger partial charge in [-0.05, 0) is 18.2 Å². The first-order chi connectivity index (χ1) is 10.5. The molecule has 1 atom stereocenters. The summed E-state index contributed by atoms with van der Waals surface area (Å²) in [5, 5.41) is 4.24. The molecule has 0 spiro atoms. The smallest absolute Gasteiger partial charge is 0.288 e. The maximum atomic E-state index is 14.1. The number of aromatic nitrogens is 3. The van der Waals surface area contributed by atoms with Gasteiger partial charge in [0.25, 0.3) is 6.43 Å². The molecule has 2 heterocycles. The monoisotopic (exact) mass is 374 g/mol. The van der Waals surface area contributed by atoms with Gasteiger partial charge in [0.1, 0.15) is 0 Å². The number of hydrogen-bond donors (Lipinski definition) is 1. The van der Waals surface area contributed by atoms with Crippen molar-refractivity contribution in [3.8, 4) is 11.5 Å². The molecular formula is C13H10BrF3N4O. The number of nitrogens with zero attached hydrogens (tertiary/aromatic N) is 3. The van der Waals surface area contributed by atoms with Crippen LogP contribution in [0.3, 0.4) is 0 Å². The minimum absolute atomic E-state index is 0.00479. The van der Waals surface area contributed by atoms with Crippen LogP contribution in [-0.2, 0) is 6.54 Å². The van der Waals surface area contributed by atoms with Crippen LogP contribution in [0.1, 0.15) is 12.2 Å². The van der Waals surface area contributed by atoms with Gasteiger partial charge in [-0.2, -0.15) is 4.98 Å². The lowest BCUT2D eigenvalue weighted by Gasteiger charge is -2.13. The molecule has 0 saturated carbocycles. The van der Waals surface area contributed by atoms with E-state index in [2.05, 4.69) is 26.1 Å². The van der Waals surface area contributed by atoms with Gasteiger partial charge in [-0.15, -0.1) is 0 Å². The Morgan fingerprint density at radius 3 is 2.73 bits per heavy atom. The maximum Gasteiger partial charge on any atom is 0.288 e. The van der Waals surface area contributed by atoms with Crippen molar-refractivity contribution in [3.05, 3.63) is 34.6 Å². The molecule has 2 aromatic heterocycles. The van der Waals surface area contributed by atoms with Gasteiger partial charge in [0.15, 0.2) is 0 Å². The Balaban J connectivity index is 2.28. The standard InChI is InChI=1S/C13H10BrF3N4O/c14-7-2-1-3-8-6(7)4-9(21(8)12(17)11(15)16)13-19-10(5-18)22-20-13/h1-4,11-12H,5,18H2. The van der Waals surface area contributed by atoms with E-state index in [1.54, 1.807) is 18.2 Å². The molecular weight excluding hydrogens is 365 g/mol. The van der Waals surface area contributed by atoms with Crippen molar-refractivity contribution in [2.75, 3.05) is 0 Å². The molecule has 0 radical (unpaired) electrons. The predicted molar refractivity (Wildman–Crippen MR) is 77.0 cm³/mol. The molecule has 3 rings (SSSR count). The van der Waals surface area contributed by atoms with E-state index in [0.29, 0.717) is 15.4 Å². The predicted octanol–water partition coefficient (Wildman–Crippen LogP) is 3.65. The molecule has 0 fully saturated rings. The number of hydrogen-bond acceptors (Lipinski definition) is 4. The van der Waals surface area contributed by atoms with E-state index in [1.165, 1.54) is 6.07 Å². The summed E-state index contributed by atoms with van der Waals surface area (Å²) in [6.45, 7) is 0.00479. The second-order valence-corrected chi connectivity index (χ2v) is 5.35. The van der Waals surface area contributed by atoms with E-state index >= 15 is 0 Å². The molecule has 9 heteroatoms. The maximum absolute atomic E-state index is 14.1. The second kappa shape index (κ2) is 5.73. The summed E-state index contributed by atoms with van der Waals surface area (Å²) in [4.78, 5) is 3.98. The van der Waals surface area contributed by atoms with Gasteiger partial charge >= 0.3 is 0 Å². The topological polar surface area (TPSA) is 69.9 Å². The van der Waals surface area contributed by atoms with Crippen LogP contribution in [0, 0.1) is 0 Å². The Hall–Kier alpha value is -1.87. The van der Waals surface area contributed by atoms with Crippen molar-refractivity contribution in [1.82, 2.24) is 14.7 Å². The van der Waals surface area contributed by atoms with E-state index in [9.17, 15) is 13.2 Å². The highest BCUT2D eigenvalue weighted by Crippen LogP contribution is 2.36. The Morgan fingerprint density at radius 1 is 1.32 bits per heavy atom. The molecule has 0 aliphatic rings. The molecule has 0 aliphatic carbocycles.